The van der Waals surface area contributed by atoms with Gasteiger partial charge in [-0.2, -0.15) is 17.5 Å². The van der Waals surface area contributed by atoms with Gasteiger partial charge < -0.3 is 5.11 Å². The van der Waals surface area contributed by atoms with Crippen LogP contribution in [-0.2, 0) is 16.6 Å². The van der Waals surface area contributed by atoms with Crippen molar-refractivity contribution in [1.29, 1.82) is 0 Å². The molecule has 110 valence electrons. The van der Waals surface area contributed by atoms with Gasteiger partial charge in [0, 0.05) is 6.04 Å². The number of hydrogen-bond donors (Lipinski definition) is 1. The molecule has 1 aromatic rings. The van der Waals surface area contributed by atoms with E-state index in [1.165, 1.54) is 25.3 Å². The fraction of sp³-hybridized carbons (Fsp3) is 0.600. The Balaban J connectivity index is 3.13. The van der Waals surface area contributed by atoms with Crippen molar-refractivity contribution in [3.05, 3.63) is 17.0 Å². The van der Waals surface area contributed by atoms with Crippen molar-refractivity contribution in [1.82, 2.24) is 4.31 Å². The monoisotopic (exact) mass is 317 g/mol. The van der Waals surface area contributed by atoms with Gasteiger partial charge in [0.2, 0.25) is 0 Å². The third-order valence-corrected chi connectivity index (χ3v) is 5.77. The topological polar surface area (TPSA) is 57.6 Å². The third-order valence-electron chi connectivity index (χ3n) is 2.29. The van der Waals surface area contributed by atoms with Crippen molar-refractivity contribution in [2.45, 2.75) is 36.9 Å². The lowest BCUT2D eigenvalue weighted by molar-refractivity contribution is -0.138. The zero-order chi connectivity index (χ0) is 14.8. The molecule has 1 aromatic heterocycles. The normalized spacial score (nSPS) is 13.5. The SMILES string of the molecule is CC(C)N(CC(F)(F)F)S(=O)(=O)c1cc(CO)cs1. The van der Waals surface area contributed by atoms with Crippen LogP contribution < -0.4 is 0 Å². The fourth-order valence-corrected chi connectivity index (χ4v) is 4.36. The molecule has 0 atom stereocenters. The van der Waals surface area contributed by atoms with Crippen LogP contribution in [0.3, 0.4) is 0 Å². The predicted molar refractivity (Wildman–Crippen MR) is 65.3 cm³/mol. The van der Waals surface area contributed by atoms with Crippen LogP contribution in [0, 0.1) is 0 Å². The molecular weight excluding hydrogens is 303 g/mol. The first-order valence-electron chi connectivity index (χ1n) is 5.35. The maximum atomic E-state index is 12.4. The minimum Gasteiger partial charge on any atom is -0.392 e. The van der Waals surface area contributed by atoms with Gasteiger partial charge in [-0.15, -0.1) is 11.3 Å². The van der Waals surface area contributed by atoms with Gasteiger partial charge in [0.15, 0.2) is 0 Å². The minimum absolute atomic E-state index is 0.200. The van der Waals surface area contributed by atoms with E-state index in [2.05, 4.69) is 0 Å². The Bertz CT molecular complexity index is 522. The quantitative estimate of drug-likeness (QED) is 0.906. The van der Waals surface area contributed by atoms with E-state index in [-0.39, 0.29) is 10.8 Å². The lowest BCUT2D eigenvalue weighted by atomic mass is 10.4. The maximum absolute atomic E-state index is 12.4. The van der Waals surface area contributed by atoms with Crippen molar-refractivity contribution in [2.75, 3.05) is 6.54 Å². The molecule has 1 N–H and O–H groups in total. The third kappa shape index (κ3) is 4.16. The number of aliphatic hydroxyl groups is 1. The highest BCUT2D eigenvalue weighted by atomic mass is 32.2. The minimum atomic E-state index is -4.60. The summed E-state index contributed by atoms with van der Waals surface area (Å²) < 4.78 is 61.8. The zero-order valence-electron chi connectivity index (χ0n) is 10.3. The molecule has 0 saturated carbocycles. The Kier molecular flexibility index (Phi) is 4.99. The molecule has 0 bridgehead atoms. The number of alkyl halides is 3. The van der Waals surface area contributed by atoms with E-state index >= 15 is 0 Å². The number of halogens is 3. The van der Waals surface area contributed by atoms with Gasteiger partial charge in [-0.25, -0.2) is 8.42 Å². The van der Waals surface area contributed by atoms with Gasteiger partial charge in [0.25, 0.3) is 10.0 Å². The molecule has 0 aliphatic carbocycles. The summed E-state index contributed by atoms with van der Waals surface area (Å²) in [6.45, 7) is 0.875. The Morgan fingerprint density at radius 3 is 2.37 bits per heavy atom. The first-order chi connectivity index (χ1) is 8.58. The van der Waals surface area contributed by atoms with Crippen molar-refractivity contribution < 1.29 is 26.7 Å². The van der Waals surface area contributed by atoms with Gasteiger partial charge >= 0.3 is 6.18 Å². The van der Waals surface area contributed by atoms with E-state index in [9.17, 15) is 21.6 Å². The summed E-state index contributed by atoms with van der Waals surface area (Å²) in [5.41, 5.74) is 0.360. The number of rotatable bonds is 5. The van der Waals surface area contributed by atoms with Gasteiger partial charge in [-0.05, 0) is 30.9 Å². The number of hydrogen-bond acceptors (Lipinski definition) is 4. The lowest BCUT2D eigenvalue weighted by Crippen LogP contribution is -2.42. The lowest BCUT2D eigenvalue weighted by Gasteiger charge is -2.26. The Hall–Kier alpha value is -0.640. The van der Waals surface area contributed by atoms with Crippen molar-refractivity contribution in [2.24, 2.45) is 0 Å². The molecule has 0 aliphatic heterocycles. The number of nitrogens with zero attached hydrogens (tertiary/aromatic N) is 1. The fourth-order valence-electron chi connectivity index (χ4n) is 1.41. The average Bonchev–Trinajstić information content (AvgIpc) is 2.73. The standard InChI is InChI=1S/C10H14F3NO3S2/c1-7(2)14(6-10(11,12)13)19(16,17)9-3-8(4-15)5-18-9/h3,5,7,15H,4,6H2,1-2H3. The molecule has 0 amide bonds. The van der Waals surface area contributed by atoms with Gasteiger partial charge in [-0.3, -0.25) is 0 Å². The highest BCUT2D eigenvalue weighted by Gasteiger charge is 2.38. The van der Waals surface area contributed by atoms with Crippen LogP contribution in [0.2, 0.25) is 0 Å². The van der Waals surface area contributed by atoms with Crippen LogP contribution in [0.15, 0.2) is 15.7 Å². The number of sulfonamides is 1. The molecule has 1 rings (SSSR count). The zero-order valence-corrected chi connectivity index (χ0v) is 11.9. The van der Waals surface area contributed by atoms with E-state index in [0.29, 0.717) is 9.87 Å². The highest BCUT2D eigenvalue weighted by molar-refractivity contribution is 7.91. The van der Waals surface area contributed by atoms with E-state index < -0.39 is 28.8 Å². The summed E-state index contributed by atoms with van der Waals surface area (Å²) in [7, 11) is -4.20. The van der Waals surface area contributed by atoms with Crippen LogP contribution >= 0.6 is 11.3 Å². The predicted octanol–water partition coefficient (Wildman–Crippen LogP) is 2.20. The molecule has 0 aromatic carbocycles. The first kappa shape index (κ1) is 16.4. The van der Waals surface area contributed by atoms with E-state index in [1.54, 1.807) is 0 Å². The Labute approximate surface area is 113 Å². The van der Waals surface area contributed by atoms with Crippen molar-refractivity contribution in [3.8, 4) is 0 Å². The van der Waals surface area contributed by atoms with Crippen LogP contribution in [0.4, 0.5) is 13.2 Å². The molecule has 0 spiro atoms. The summed E-state index contributed by atoms with van der Waals surface area (Å²) in [6.07, 6.45) is -4.60. The summed E-state index contributed by atoms with van der Waals surface area (Å²) in [4.78, 5) is 0. The van der Waals surface area contributed by atoms with Crippen LogP contribution in [-0.4, -0.2) is 36.6 Å². The molecule has 0 radical (unpaired) electrons. The largest absolute Gasteiger partial charge is 0.402 e. The Morgan fingerprint density at radius 2 is 2.00 bits per heavy atom. The molecule has 0 aliphatic rings. The average molecular weight is 317 g/mol. The molecule has 4 nitrogen and oxygen atoms in total. The van der Waals surface area contributed by atoms with Gasteiger partial charge in [0.05, 0.1) is 6.61 Å². The number of thiophene rings is 1. The Morgan fingerprint density at radius 1 is 1.42 bits per heavy atom. The van der Waals surface area contributed by atoms with Crippen LogP contribution in [0.1, 0.15) is 19.4 Å². The second kappa shape index (κ2) is 5.78. The smallest absolute Gasteiger partial charge is 0.392 e. The number of aliphatic hydroxyl groups excluding tert-OH is 1. The summed E-state index contributed by atoms with van der Waals surface area (Å²) in [6, 6.07) is 0.373. The summed E-state index contributed by atoms with van der Waals surface area (Å²) in [5, 5.41) is 10.3. The van der Waals surface area contributed by atoms with Crippen molar-refractivity contribution >= 4 is 21.4 Å². The van der Waals surface area contributed by atoms with E-state index in [0.717, 1.165) is 11.3 Å². The van der Waals surface area contributed by atoms with Gasteiger partial charge in [0.1, 0.15) is 10.8 Å². The molecular formula is C10H14F3NO3S2. The van der Waals surface area contributed by atoms with Crippen LogP contribution in [0.25, 0.3) is 0 Å². The molecule has 1 heterocycles. The van der Waals surface area contributed by atoms with E-state index in [1.807, 2.05) is 0 Å². The molecule has 19 heavy (non-hydrogen) atoms. The second-order valence-corrected chi connectivity index (χ2v) is 7.22. The van der Waals surface area contributed by atoms with Crippen LogP contribution in [0.5, 0.6) is 0 Å². The molecule has 0 saturated heterocycles. The molecule has 0 unspecified atom stereocenters. The molecule has 9 heteroatoms. The highest BCUT2D eigenvalue weighted by Crippen LogP contribution is 2.28. The second-order valence-electron chi connectivity index (χ2n) is 4.19. The summed E-state index contributed by atoms with van der Waals surface area (Å²) in [5.74, 6) is 0. The van der Waals surface area contributed by atoms with Gasteiger partial charge in [-0.1, -0.05) is 0 Å². The van der Waals surface area contributed by atoms with Crippen molar-refractivity contribution in [3.63, 3.8) is 0 Å². The first-order valence-corrected chi connectivity index (χ1v) is 7.67. The molecule has 0 fully saturated rings. The summed E-state index contributed by atoms with van der Waals surface area (Å²) >= 11 is 0.796. The van der Waals surface area contributed by atoms with E-state index in [4.69, 9.17) is 5.11 Å². The maximum Gasteiger partial charge on any atom is 0.402 e.